The van der Waals surface area contributed by atoms with Crippen molar-refractivity contribution in [3.8, 4) is 11.5 Å². The molecule has 3 aromatic carbocycles. The van der Waals surface area contributed by atoms with E-state index in [0.717, 1.165) is 6.07 Å². The summed E-state index contributed by atoms with van der Waals surface area (Å²) in [5, 5.41) is 22.9. The lowest BCUT2D eigenvalue weighted by Gasteiger charge is -2.20. The van der Waals surface area contributed by atoms with E-state index in [0.29, 0.717) is 5.69 Å². The molecule has 6 nitrogen and oxygen atoms in total. The van der Waals surface area contributed by atoms with Crippen LogP contribution in [0.25, 0.3) is 0 Å². The number of hydrogen-bond donors (Lipinski definition) is 3. The summed E-state index contributed by atoms with van der Waals surface area (Å²) in [5.74, 6) is -2.55. The number of benzene rings is 3. The Morgan fingerprint density at radius 3 is 2.19 bits per heavy atom. The molecular formula is C21H13NO5. The number of fused-ring (bicyclic) bond motifs is 2. The van der Waals surface area contributed by atoms with Crippen molar-refractivity contribution in [2.75, 3.05) is 5.32 Å². The Hall–Kier alpha value is -3.93. The Bertz CT molecular complexity index is 1120. The zero-order valence-corrected chi connectivity index (χ0v) is 13.9. The second kappa shape index (κ2) is 6.10. The number of rotatable bonds is 2. The van der Waals surface area contributed by atoms with E-state index in [9.17, 15) is 24.6 Å². The van der Waals surface area contributed by atoms with Gasteiger partial charge in [-0.25, -0.2) is 0 Å². The summed E-state index contributed by atoms with van der Waals surface area (Å²) in [6, 6.07) is 15.3. The minimum absolute atomic E-state index is 0.0347. The number of amides is 1. The van der Waals surface area contributed by atoms with Gasteiger partial charge in [0, 0.05) is 22.4 Å². The number of nitrogens with one attached hydrogen (secondary N) is 1. The SMILES string of the molecule is O=C(Nc1ccccc1)c1cc(O)c2c(c1)C(=O)c1cccc(O)c1C2=O. The number of aromatic hydroxyl groups is 2. The Kier molecular flexibility index (Phi) is 3.74. The molecule has 0 radical (unpaired) electrons. The van der Waals surface area contributed by atoms with E-state index >= 15 is 0 Å². The van der Waals surface area contributed by atoms with Gasteiger partial charge in [-0.05, 0) is 30.3 Å². The van der Waals surface area contributed by atoms with Crippen LogP contribution in [-0.4, -0.2) is 27.7 Å². The second-order valence-electron chi connectivity index (χ2n) is 6.10. The molecule has 0 aromatic heterocycles. The molecule has 4 rings (SSSR count). The first-order valence-electron chi connectivity index (χ1n) is 8.12. The molecule has 0 unspecified atom stereocenters. The van der Waals surface area contributed by atoms with Gasteiger partial charge in [0.2, 0.25) is 5.78 Å². The van der Waals surface area contributed by atoms with Crippen LogP contribution in [-0.2, 0) is 0 Å². The topological polar surface area (TPSA) is 104 Å². The van der Waals surface area contributed by atoms with Crippen molar-refractivity contribution in [1.29, 1.82) is 0 Å². The van der Waals surface area contributed by atoms with Crippen LogP contribution < -0.4 is 5.32 Å². The molecule has 0 saturated heterocycles. The highest BCUT2D eigenvalue weighted by Crippen LogP contribution is 2.37. The van der Waals surface area contributed by atoms with E-state index in [1.165, 1.54) is 24.3 Å². The summed E-state index contributed by atoms with van der Waals surface area (Å²) in [6.45, 7) is 0. The molecule has 1 aliphatic rings. The fourth-order valence-electron chi connectivity index (χ4n) is 3.14. The van der Waals surface area contributed by atoms with Gasteiger partial charge in [0.15, 0.2) is 5.78 Å². The van der Waals surface area contributed by atoms with Gasteiger partial charge in [-0.3, -0.25) is 14.4 Å². The van der Waals surface area contributed by atoms with Gasteiger partial charge in [0.25, 0.3) is 5.91 Å². The van der Waals surface area contributed by atoms with Crippen molar-refractivity contribution < 1.29 is 24.6 Å². The van der Waals surface area contributed by atoms with Crippen molar-refractivity contribution in [3.63, 3.8) is 0 Å². The highest BCUT2D eigenvalue weighted by Gasteiger charge is 2.34. The predicted octanol–water partition coefficient (Wildman–Crippen LogP) is 3.13. The van der Waals surface area contributed by atoms with Crippen molar-refractivity contribution in [2.45, 2.75) is 0 Å². The first kappa shape index (κ1) is 16.5. The maximum Gasteiger partial charge on any atom is 0.255 e. The molecule has 0 spiro atoms. The first-order valence-corrected chi connectivity index (χ1v) is 8.12. The minimum Gasteiger partial charge on any atom is -0.507 e. The average molecular weight is 359 g/mol. The lowest BCUT2D eigenvalue weighted by Crippen LogP contribution is -2.22. The highest BCUT2D eigenvalue weighted by molar-refractivity contribution is 6.30. The molecule has 0 saturated carbocycles. The zero-order chi connectivity index (χ0) is 19.1. The molecule has 1 aliphatic carbocycles. The number of carbonyl (C=O) groups excluding carboxylic acids is 3. The van der Waals surface area contributed by atoms with Crippen LogP contribution in [0.4, 0.5) is 5.69 Å². The van der Waals surface area contributed by atoms with Crippen LogP contribution in [0, 0.1) is 0 Å². The smallest absolute Gasteiger partial charge is 0.255 e. The zero-order valence-electron chi connectivity index (χ0n) is 13.9. The maximum atomic E-state index is 12.8. The number of para-hydroxylation sites is 1. The summed E-state index contributed by atoms with van der Waals surface area (Å²) in [7, 11) is 0. The molecule has 3 N–H and O–H groups in total. The van der Waals surface area contributed by atoms with Gasteiger partial charge in [0.05, 0.1) is 11.1 Å². The lowest BCUT2D eigenvalue weighted by molar-refractivity contribution is 0.0972. The molecule has 0 atom stereocenters. The van der Waals surface area contributed by atoms with Gasteiger partial charge in [0.1, 0.15) is 11.5 Å². The third-order valence-corrected chi connectivity index (χ3v) is 4.40. The van der Waals surface area contributed by atoms with Crippen LogP contribution in [0.3, 0.4) is 0 Å². The van der Waals surface area contributed by atoms with E-state index in [2.05, 4.69) is 5.32 Å². The molecule has 0 heterocycles. The van der Waals surface area contributed by atoms with Crippen LogP contribution in [0.1, 0.15) is 42.2 Å². The van der Waals surface area contributed by atoms with E-state index in [1.807, 2.05) is 0 Å². The quantitative estimate of drug-likeness (QED) is 0.510. The van der Waals surface area contributed by atoms with Gasteiger partial charge in [-0.2, -0.15) is 0 Å². The molecule has 27 heavy (non-hydrogen) atoms. The summed E-state index contributed by atoms with van der Waals surface area (Å²) in [6.07, 6.45) is 0. The third kappa shape index (κ3) is 2.64. The predicted molar refractivity (Wildman–Crippen MR) is 97.5 cm³/mol. The standard InChI is InChI=1S/C21H13NO5/c23-15-8-4-7-13-17(15)20(26)18-14(19(13)25)9-11(10-16(18)24)21(27)22-12-5-2-1-3-6-12/h1-10,23-24H,(H,22,27). The molecular weight excluding hydrogens is 346 g/mol. The van der Waals surface area contributed by atoms with Crippen molar-refractivity contribution in [1.82, 2.24) is 0 Å². The lowest BCUT2D eigenvalue weighted by atomic mass is 9.82. The molecule has 0 fully saturated rings. The Morgan fingerprint density at radius 1 is 0.741 bits per heavy atom. The fraction of sp³-hybridized carbons (Fsp3) is 0. The number of carbonyl (C=O) groups is 3. The second-order valence-corrected chi connectivity index (χ2v) is 6.10. The van der Waals surface area contributed by atoms with E-state index < -0.39 is 23.2 Å². The van der Waals surface area contributed by atoms with E-state index in [-0.39, 0.29) is 33.6 Å². The maximum absolute atomic E-state index is 12.8. The van der Waals surface area contributed by atoms with Crippen LogP contribution in [0.5, 0.6) is 11.5 Å². The number of anilines is 1. The van der Waals surface area contributed by atoms with E-state index in [1.54, 1.807) is 30.3 Å². The molecule has 0 bridgehead atoms. The highest BCUT2D eigenvalue weighted by atomic mass is 16.3. The number of phenols is 2. The van der Waals surface area contributed by atoms with Crippen LogP contribution >= 0.6 is 0 Å². The van der Waals surface area contributed by atoms with Crippen molar-refractivity contribution in [2.24, 2.45) is 0 Å². The average Bonchev–Trinajstić information content (AvgIpc) is 2.66. The fourth-order valence-corrected chi connectivity index (χ4v) is 3.14. The summed E-state index contributed by atoms with van der Waals surface area (Å²) < 4.78 is 0. The Morgan fingerprint density at radius 2 is 1.44 bits per heavy atom. The van der Waals surface area contributed by atoms with Gasteiger partial charge < -0.3 is 15.5 Å². The van der Waals surface area contributed by atoms with Crippen molar-refractivity contribution in [3.05, 3.63) is 88.5 Å². The number of phenolic OH excluding ortho intramolecular Hbond substituents is 2. The first-order chi connectivity index (χ1) is 13.0. The van der Waals surface area contributed by atoms with Crippen LogP contribution in [0.15, 0.2) is 60.7 Å². The molecule has 1 amide bonds. The minimum atomic E-state index is -0.662. The van der Waals surface area contributed by atoms with E-state index in [4.69, 9.17) is 0 Å². The number of hydrogen-bond acceptors (Lipinski definition) is 5. The summed E-state index contributed by atoms with van der Waals surface area (Å²) >= 11 is 0. The summed E-state index contributed by atoms with van der Waals surface area (Å²) in [5.41, 5.74) is 0.193. The third-order valence-electron chi connectivity index (χ3n) is 4.40. The largest absolute Gasteiger partial charge is 0.507 e. The Balaban J connectivity index is 1.79. The van der Waals surface area contributed by atoms with Gasteiger partial charge in [-0.15, -0.1) is 0 Å². The Labute approximate surface area is 153 Å². The van der Waals surface area contributed by atoms with Gasteiger partial charge in [-0.1, -0.05) is 30.3 Å². The monoisotopic (exact) mass is 359 g/mol. The van der Waals surface area contributed by atoms with Crippen LogP contribution in [0.2, 0.25) is 0 Å². The molecule has 6 heteroatoms. The molecule has 0 aliphatic heterocycles. The number of ketones is 2. The molecule has 3 aromatic rings. The summed E-state index contributed by atoms with van der Waals surface area (Å²) in [4.78, 5) is 38.0. The van der Waals surface area contributed by atoms with Crippen molar-refractivity contribution >= 4 is 23.2 Å². The normalized spacial score (nSPS) is 12.3. The molecule has 132 valence electrons. The van der Waals surface area contributed by atoms with Gasteiger partial charge >= 0.3 is 0 Å².